The molecule has 0 aliphatic carbocycles. The molecule has 4 heteroatoms. The highest BCUT2D eigenvalue weighted by Gasteiger charge is 2.17. The van der Waals surface area contributed by atoms with E-state index in [-0.39, 0.29) is 11.7 Å². The van der Waals surface area contributed by atoms with Gasteiger partial charge in [0.05, 0.1) is 5.69 Å². The van der Waals surface area contributed by atoms with Crippen molar-refractivity contribution >= 4 is 5.69 Å². The highest BCUT2D eigenvalue weighted by molar-refractivity contribution is 5.45. The Labute approximate surface area is 107 Å². The Morgan fingerprint density at radius 3 is 2.94 bits per heavy atom. The van der Waals surface area contributed by atoms with Crippen molar-refractivity contribution in [3.05, 3.63) is 29.8 Å². The zero-order valence-electron chi connectivity index (χ0n) is 10.7. The van der Waals surface area contributed by atoms with Crippen LogP contribution in [0.15, 0.2) is 18.2 Å². The highest BCUT2D eigenvalue weighted by atomic mass is 19.2. The summed E-state index contributed by atoms with van der Waals surface area (Å²) in [5.41, 5.74) is 0.248. The molecule has 1 saturated heterocycles. The van der Waals surface area contributed by atoms with Crippen LogP contribution in [0.25, 0.3) is 0 Å². The fraction of sp³-hybridized carbons (Fsp3) is 0.571. The van der Waals surface area contributed by atoms with Crippen LogP contribution in [0.5, 0.6) is 0 Å². The minimum Gasteiger partial charge on any atom is -0.380 e. The van der Waals surface area contributed by atoms with E-state index in [1.54, 1.807) is 6.07 Å². The predicted octanol–water partition coefficient (Wildman–Crippen LogP) is 3.30. The number of anilines is 1. The summed E-state index contributed by atoms with van der Waals surface area (Å²) >= 11 is 0. The molecule has 0 bridgehead atoms. The molecular weight excluding hydrogens is 234 g/mol. The summed E-state index contributed by atoms with van der Waals surface area (Å²) in [5, 5.41) is 6.50. The minimum absolute atomic E-state index is 0.122. The first-order chi connectivity index (χ1) is 8.66. The summed E-state index contributed by atoms with van der Waals surface area (Å²) in [4.78, 5) is 0. The molecule has 1 aromatic carbocycles. The lowest BCUT2D eigenvalue weighted by Crippen LogP contribution is -2.37. The molecule has 0 radical (unpaired) electrons. The summed E-state index contributed by atoms with van der Waals surface area (Å²) in [6.45, 7) is 3.06. The molecule has 100 valence electrons. The van der Waals surface area contributed by atoms with Crippen molar-refractivity contribution in [1.29, 1.82) is 0 Å². The number of rotatable bonds is 4. The van der Waals surface area contributed by atoms with Gasteiger partial charge >= 0.3 is 0 Å². The van der Waals surface area contributed by atoms with Crippen LogP contribution in [-0.2, 0) is 0 Å². The second kappa shape index (κ2) is 6.14. The van der Waals surface area contributed by atoms with Gasteiger partial charge in [-0.2, -0.15) is 0 Å². The van der Waals surface area contributed by atoms with E-state index in [9.17, 15) is 8.78 Å². The minimum atomic E-state index is -0.803. The van der Waals surface area contributed by atoms with E-state index in [1.807, 2.05) is 6.92 Å². The van der Waals surface area contributed by atoms with Gasteiger partial charge in [-0.1, -0.05) is 12.5 Å². The maximum absolute atomic E-state index is 13.5. The third kappa shape index (κ3) is 3.42. The molecule has 1 heterocycles. The number of hydrogen-bond acceptors (Lipinski definition) is 2. The monoisotopic (exact) mass is 254 g/mol. The molecule has 1 aliphatic heterocycles. The van der Waals surface area contributed by atoms with Gasteiger partial charge in [0.15, 0.2) is 11.6 Å². The molecule has 1 aliphatic rings. The Balaban J connectivity index is 1.90. The van der Waals surface area contributed by atoms with Crippen molar-refractivity contribution < 1.29 is 8.78 Å². The zero-order chi connectivity index (χ0) is 13.0. The van der Waals surface area contributed by atoms with E-state index in [0.29, 0.717) is 6.04 Å². The van der Waals surface area contributed by atoms with Gasteiger partial charge in [-0.15, -0.1) is 0 Å². The van der Waals surface area contributed by atoms with Crippen LogP contribution in [0.2, 0.25) is 0 Å². The first kappa shape index (κ1) is 13.3. The fourth-order valence-corrected chi connectivity index (χ4v) is 2.49. The summed E-state index contributed by atoms with van der Waals surface area (Å²) in [6, 6.07) is 4.83. The lowest BCUT2D eigenvalue weighted by molar-refractivity contribution is 0.371. The number of nitrogens with one attached hydrogen (secondary N) is 2. The van der Waals surface area contributed by atoms with Crippen molar-refractivity contribution in [2.45, 2.75) is 44.7 Å². The third-order valence-corrected chi connectivity index (χ3v) is 3.40. The summed E-state index contributed by atoms with van der Waals surface area (Å²) < 4.78 is 26.5. The summed E-state index contributed by atoms with van der Waals surface area (Å²) in [5.74, 6) is -1.59. The van der Waals surface area contributed by atoms with E-state index in [0.717, 1.165) is 25.5 Å². The molecule has 2 unspecified atom stereocenters. The van der Waals surface area contributed by atoms with Gasteiger partial charge in [-0.3, -0.25) is 0 Å². The molecule has 0 spiro atoms. The van der Waals surface area contributed by atoms with Crippen LogP contribution < -0.4 is 10.6 Å². The first-order valence-electron chi connectivity index (χ1n) is 6.60. The number of benzene rings is 1. The third-order valence-electron chi connectivity index (χ3n) is 3.40. The quantitative estimate of drug-likeness (QED) is 0.861. The topological polar surface area (TPSA) is 24.1 Å². The normalized spacial score (nSPS) is 21.6. The molecule has 0 saturated carbocycles. The van der Waals surface area contributed by atoms with Gasteiger partial charge in [0.1, 0.15) is 0 Å². The zero-order valence-corrected chi connectivity index (χ0v) is 10.7. The van der Waals surface area contributed by atoms with E-state index < -0.39 is 11.6 Å². The Morgan fingerprint density at radius 2 is 2.22 bits per heavy atom. The molecule has 2 atom stereocenters. The van der Waals surface area contributed by atoms with Crippen molar-refractivity contribution in [2.75, 3.05) is 11.9 Å². The van der Waals surface area contributed by atoms with E-state index in [1.165, 1.54) is 18.9 Å². The van der Waals surface area contributed by atoms with Crippen molar-refractivity contribution in [1.82, 2.24) is 5.32 Å². The number of halogens is 2. The van der Waals surface area contributed by atoms with Crippen LogP contribution in [0.4, 0.5) is 14.5 Å². The summed E-state index contributed by atoms with van der Waals surface area (Å²) in [7, 11) is 0. The Kier molecular flexibility index (Phi) is 4.53. The van der Waals surface area contributed by atoms with Crippen molar-refractivity contribution in [2.24, 2.45) is 0 Å². The number of hydrogen-bond donors (Lipinski definition) is 2. The van der Waals surface area contributed by atoms with Crippen LogP contribution >= 0.6 is 0 Å². The maximum atomic E-state index is 13.5. The Morgan fingerprint density at radius 1 is 1.39 bits per heavy atom. The molecule has 0 amide bonds. The molecule has 18 heavy (non-hydrogen) atoms. The van der Waals surface area contributed by atoms with E-state index in [2.05, 4.69) is 10.6 Å². The van der Waals surface area contributed by atoms with Crippen LogP contribution in [0.3, 0.4) is 0 Å². The van der Waals surface area contributed by atoms with Gasteiger partial charge in [0.25, 0.3) is 0 Å². The average Bonchev–Trinajstić information content (AvgIpc) is 2.36. The second-order valence-electron chi connectivity index (χ2n) is 5.03. The van der Waals surface area contributed by atoms with Crippen molar-refractivity contribution in [3.63, 3.8) is 0 Å². The smallest absolute Gasteiger partial charge is 0.181 e. The van der Waals surface area contributed by atoms with Crippen LogP contribution in [0, 0.1) is 11.6 Å². The van der Waals surface area contributed by atoms with Gasteiger partial charge in [-0.05, 0) is 44.9 Å². The molecule has 2 nitrogen and oxygen atoms in total. The fourth-order valence-electron chi connectivity index (χ4n) is 2.49. The van der Waals surface area contributed by atoms with Crippen LogP contribution in [-0.4, -0.2) is 18.6 Å². The lowest BCUT2D eigenvalue weighted by atomic mass is 9.98. The molecular formula is C14H20F2N2. The average molecular weight is 254 g/mol. The molecule has 1 aromatic rings. The molecule has 2 N–H and O–H groups in total. The van der Waals surface area contributed by atoms with Gasteiger partial charge in [-0.25, -0.2) is 8.78 Å². The van der Waals surface area contributed by atoms with Crippen LogP contribution in [0.1, 0.15) is 32.6 Å². The van der Waals surface area contributed by atoms with Gasteiger partial charge in [0, 0.05) is 12.1 Å². The second-order valence-corrected chi connectivity index (χ2v) is 5.03. The van der Waals surface area contributed by atoms with Gasteiger partial charge in [0.2, 0.25) is 0 Å². The molecule has 0 aromatic heterocycles. The van der Waals surface area contributed by atoms with Gasteiger partial charge < -0.3 is 10.6 Å². The molecule has 2 rings (SSSR count). The largest absolute Gasteiger partial charge is 0.380 e. The highest BCUT2D eigenvalue weighted by Crippen LogP contribution is 2.19. The Bertz CT molecular complexity index is 389. The number of piperidine rings is 1. The lowest BCUT2D eigenvalue weighted by Gasteiger charge is -2.27. The Hall–Kier alpha value is -1.16. The van der Waals surface area contributed by atoms with E-state index in [4.69, 9.17) is 0 Å². The maximum Gasteiger partial charge on any atom is 0.181 e. The SMILES string of the molecule is CC(CC1CCCCN1)Nc1cccc(F)c1F. The predicted molar refractivity (Wildman–Crippen MR) is 69.7 cm³/mol. The molecule has 1 fully saturated rings. The van der Waals surface area contributed by atoms with E-state index >= 15 is 0 Å². The van der Waals surface area contributed by atoms with Crippen molar-refractivity contribution in [3.8, 4) is 0 Å². The standard InChI is InChI=1S/C14H20F2N2/c1-10(9-11-5-2-3-8-17-11)18-13-7-4-6-12(15)14(13)16/h4,6-7,10-11,17-18H,2-3,5,8-9H2,1H3. The first-order valence-corrected chi connectivity index (χ1v) is 6.60. The summed E-state index contributed by atoms with van der Waals surface area (Å²) in [6.07, 6.45) is 4.57.